The van der Waals surface area contributed by atoms with Gasteiger partial charge in [0.15, 0.2) is 0 Å². The number of amides is 2. The summed E-state index contributed by atoms with van der Waals surface area (Å²) in [6, 6.07) is 7.90. The van der Waals surface area contributed by atoms with Crippen LogP contribution in [-0.2, 0) is 9.59 Å². The van der Waals surface area contributed by atoms with Gasteiger partial charge in [-0.15, -0.1) is 0 Å². The summed E-state index contributed by atoms with van der Waals surface area (Å²) in [6.45, 7) is 1.27. The van der Waals surface area contributed by atoms with Crippen molar-refractivity contribution in [1.82, 2.24) is 19.8 Å². The zero-order chi connectivity index (χ0) is 16.0. The second-order valence-corrected chi connectivity index (χ2v) is 6.50. The molecule has 1 aromatic carbocycles. The van der Waals surface area contributed by atoms with E-state index < -0.39 is 0 Å². The van der Waals surface area contributed by atoms with E-state index in [-0.39, 0.29) is 23.8 Å². The van der Waals surface area contributed by atoms with Gasteiger partial charge in [-0.05, 0) is 25.0 Å². The average molecular weight is 312 g/mol. The molecule has 2 atom stereocenters. The molecular weight excluding hydrogens is 292 g/mol. The molecule has 3 heterocycles. The molecule has 2 fully saturated rings. The van der Waals surface area contributed by atoms with Gasteiger partial charge in [0, 0.05) is 26.6 Å². The first-order valence-electron chi connectivity index (χ1n) is 8.12. The molecule has 0 unspecified atom stereocenters. The van der Waals surface area contributed by atoms with Crippen molar-refractivity contribution in [3.8, 4) is 0 Å². The Morgan fingerprint density at radius 1 is 1.35 bits per heavy atom. The monoisotopic (exact) mass is 312 g/mol. The minimum absolute atomic E-state index is 0.00379. The molecule has 2 aromatic rings. The number of hydrogen-bond donors (Lipinski definition) is 1. The number of aromatic nitrogens is 2. The van der Waals surface area contributed by atoms with Gasteiger partial charge in [-0.2, -0.15) is 0 Å². The lowest BCUT2D eigenvalue weighted by atomic mass is 10.1. The quantitative estimate of drug-likeness (QED) is 0.917. The van der Waals surface area contributed by atoms with E-state index in [0.29, 0.717) is 13.0 Å². The molecule has 2 amide bonds. The van der Waals surface area contributed by atoms with Crippen molar-refractivity contribution in [3.63, 3.8) is 0 Å². The predicted octanol–water partition coefficient (Wildman–Crippen LogP) is 1.70. The molecule has 0 aliphatic carbocycles. The highest BCUT2D eigenvalue weighted by Crippen LogP contribution is 2.34. The van der Waals surface area contributed by atoms with Crippen LogP contribution >= 0.6 is 0 Å². The number of carbonyl (C=O) groups excluding carboxylic acids is 2. The predicted molar refractivity (Wildman–Crippen MR) is 85.5 cm³/mol. The zero-order valence-corrected chi connectivity index (χ0v) is 13.2. The maximum atomic E-state index is 12.8. The highest BCUT2D eigenvalue weighted by Gasteiger charge is 2.39. The van der Waals surface area contributed by atoms with Crippen LogP contribution in [-0.4, -0.2) is 51.7 Å². The van der Waals surface area contributed by atoms with Gasteiger partial charge in [-0.1, -0.05) is 12.1 Å². The number of H-pyrrole nitrogens is 1. The Balaban J connectivity index is 1.59. The Hall–Kier alpha value is -2.37. The van der Waals surface area contributed by atoms with Crippen LogP contribution in [0.4, 0.5) is 0 Å². The smallest absolute Gasteiger partial charge is 0.228 e. The standard InChI is InChI=1S/C17H20N4O2/c1-20-10-11(9-15(20)22)17(23)21-8-4-7-14(21)16-18-12-5-2-3-6-13(12)19-16/h2-3,5-6,11,14H,4,7-10H2,1H3,(H,18,19)/t11-,14-/m1/s1. The third-order valence-electron chi connectivity index (χ3n) is 4.95. The van der Waals surface area contributed by atoms with Crippen molar-refractivity contribution in [2.75, 3.05) is 20.1 Å². The molecule has 4 rings (SSSR count). The van der Waals surface area contributed by atoms with Gasteiger partial charge in [-0.25, -0.2) is 4.98 Å². The van der Waals surface area contributed by atoms with E-state index in [1.165, 1.54) is 0 Å². The fourth-order valence-electron chi connectivity index (χ4n) is 3.71. The highest BCUT2D eigenvalue weighted by molar-refractivity contribution is 5.89. The van der Waals surface area contributed by atoms with Crippen LogP contribution in [0.1, 0.15) is 31.1 Å². The van der Waals surface area contributed by atoms with Crippen molar-refractivity contribution in [3.05, 3.63) is 30.1 Å². The largest absolute Gasteiger partial charge is 0.345 e. The van der Waals surface area contributed by atoms with Gasteiger partial charge in [0.1, 0.15) is 5.82 Å². The number of nitrogens with zero attached hydrogens (tertiary/aromatic N) is 3. The van der Waals surface area contributed by atoms with Crippen molar-refractivity contribution < 1.29 is 9.59 Å². The second kappa shape index (κ2) is 5.37. The SMILES string of the molecule is CN1C[C@H](C(=O)N2CCC[C@@H]2c2nc3ccccc3[nH]2)CC1=O. The maximum absolute atomic E-state index is 12.8. The highest BCUT2D eigenvalue weighted by atomic mass is 16.2. The average Bonchev–Trinajstić information content (AvgIpc) is 3.24. The number of para-hydroxylation sites is 2. The molecule has 0 spiro atoms. The Labute approximate surface area is 134 Å². The van der Waals surface area contributed by atoms with E-state index >= 15 is 0 Å². The van der Waals surface area contributed by atoms with E-state index in [0.717, 1.165) is 36.2 Å². The molecule has 23 heavy (non-hydrogen) atoms. The van der Waals surface area contributed by atoms with Crippen molar-refractivity contribution in [1.29, 1.82) is 0 Å². The van der Waals surface area contributed by atoms with Crippen LogP contribution in [0.2, 0.25) is 0 Å². The third-order valence-corrected chi connectivity index (χ3v) is 4.95. The Morgan fingerprint density at radius 2 is 2.17 bits per heavy atom. The summed E-state index contributed by atoms with van der Waals surface area (Å²) in [6.07, 6.45) is 2.23. The summed E-state index contributed by atoms with van der Waals surface area (Å²) in [5.41, 5.74) is 1.93. The number of hydrogen-bond acceptors (Lipinski definition) is 3. The molecule has 0 radical (unpaired) electrons. The van der Waals surface area contributed by atoms with Crippen molar-refractivity contribution in [2.45, 2.75) is 25.3 Å². The normalized spacial score (nSPS) is 24.8. The van der Waals surface area contributed by atoms with Crippen molar-refractivity contribution in [2.24, 2.45) is 5.92 Å². The van der Waals surface area contributed by atoms with Gasteiger partial charge in [0.25, 0.3) is 0 Å². The number of benzene rings is 1. The number of imidazole rings is 1. The summed E-state index contributed by atoms with van der Waals surface area (Å²) in [4.78, 5) is 36.1. The van der Waals surface area contributed by atoms with E-state index in [1.807, 2.05) is 29.2 Å². The third kappa shape index (κ3) is 2.38. The first-order valence-corrected chi connectivity index (χ1v) is 8.12. The summed E-state index contributed by atoms with van der Waals surface area (Å²) >= 11 is 0. The summed E-state index contributed by atoms with van der Waals surface area (Å²) in [5, 5.41) is 0. The van der Waals surface area contributed by atoms with Crippen LogP contribution in [0.25, 0.3) is 11.0 Å². The number of fused-ring (bicyclic) bond motifs is 1. The van der Waals surface area contributed by atoms with Crippen molar-refractivity contribution >= 4 is 22.8 Å². The zero-order valence-electron chi connectivity index (χ0n) is 13.2. The molecule has 6 nitrogen and oxygen atoms in total. The molecular formula is C17H20N4O2. The minimum atomic E-state index is -0.211. The Kier molecular flexibility index (Phi) is 3.32. The number of rotatable bonds is 2. The lowest BCUT2D eigenvalue weighted by Crippen LogP contribution is -2.37. The number of carbonyl (C=O) groups is 2. The fourth-order valence-corrected chi connectivity index (χ4v) is 3.71. The molecule has 2 saturated heterocycles. The molecule has 0 bridgehead atoms. The first-order chi connectivity index (χ1) is 11.1. The summed E-state index contributed by atoms with van der Waals surface area (Å²) in [5.74, 6) is 0.792. The van der Waals surface area contributed by atoms with Crippen LogP contribution in [0.3, 0.4) is 0 Å². The Bertz CT molecular complexity index is 736. The van der Waals surface area contributed by atoms with Crippen LogP contribution in [0, 0.1) is 5.92 Å². The van der Waals surface area contributed by atoms with Gasteiger partial charge >= 0.3 is 0 Å². The molecule has 2 aliphatic heterocycles. The van der Waals surface area contributed by atoms with Gasteiger partial charge in [0.2, 0.25) is 11.8 Å². The second-order valence-electron chi connectivity index (χ2n) is 6.50. The number of nitrogens with one attached hydrogen (secondary N) is 1. The van der Waals surface area contributed by atoms with Crippen LogP contribution in [0.15, 0.2) is 24.3 Å². The van der Waals surface area contributed by atoms with E-state index in [4.69, 9.17) is 0 Å². The number of aromatic amines is 1. The van der Waals surface area contributed by atoms with E-state index in [1.54, 1.807) is 11.9 Å². The van der Waals surface area contributed by atoms with E-state index in [9.17, 15) is 9.59 Å². The lowest BCUT2D eigenvalue weighted by Gasteiger charge is -2.25. The summed E-state index contributed by atoms with van der Waals surface area (Å²) < 4.78 is 0. The molecule has 1 N–H and O–H groups in total. The topological polar surface area (TPSA) is 69.3 Å². The van der Waals surface area contributed by atoms with Crippen LogP contribution in [0.5, 0.6) is 0 Å². The van der Waals surface area contributed by atoms with E-state index in [2.05, 4.69) is 9.97 Å². The van der Waals surface area contributed by atoms with Gasteiger partial charge in [0.05, 0.1) is 23.0 Å². The maximum Gasteiger partial charge on any atom is 0.228 e. The minimum Gasteiger partial charge on any atom is -0.345 e. The van der Waals surface area contributed by atoms with Gasteiger partial charge in [-0.3, -0.25) is 9.59 Å². The summed E-state index contributed by atoms with van der Waals surface area (Å²) in [7, 11) is 1.76. The van der Waals surface area contributed by atoms with Crippen LogP contribution < -0.4 is 0 Å². The van der Waals surface area contributed by atoms with Gasteiger partial charge < -0.3 is 14.8 Å². The molecule has 1 aromatic heterocycles. The molecule has 6 heteroatoms. The first kappa shape index (κ1) is 14.2. The fraction of sp³-hybridized carbons (Fsp3) is 0.471. The molecule has 0 saturated carbocycles. The number of likely N-dealkylation sites (tertiary alicyclic amines) is 2. The molecule has 2 aliphatic rings. The molecule has 120 valence electrons. The Morgan fingerprint density at radius 3 is 2.91 bits per heavy atom. The lowest BCUT2D eigenvalue weighted by molar-refractivity contribution is -0.136.